The molecule has 1 unspecified atom stereocenters. The zero-order chi connectivity index (χ0) is 23.4. The fraction of sp³-hybridized carbons (Fsp3) is 0.250. The van der Waals surface area contributed by atoms with Gasteiger partial charge >= 0.3 is 0 Å². The third kappa shape index (κ3) is 4.75. The zero-order valence-corrected chi connectivity index (χ0v) is 19.4. The second-order valence-electron chi connectivity index (χ2n) is 7.54. The topological polar surface area (TPSA) is 94.0 Å². The van der Waals surface area contributed by atoms with Crippen molar-refractivity contribution in [2.45, 2.75) is 33.0 Å². The highest BCUT2D eigenvalue weighted by Crippen LogP contribution is 2.29. The van der Waals surface area contributed by atoms with Gasteiger partial charge in [-0.1, -0.05) is 17.7 Å². The van der Waals surface area contributed by atoms with Crippen LogP contribution in [0.1, 0.15) is 41.4 Å². The SMILES string of the molecule is CCn1ncc2c(NCc3ccc(OC)c(Cl)c3)c(C(=O)NC(C)c3ccncc3)cnc21. The number of aryl methyl sites for hydroxylation is 1. The molecule has 0 saturated heterocycles. The third-order valence-electron chi connectivity index (χ3n) is 5.45. The highest BCUT2D eigenvalue weighted by Gasteiger charge is 2.20. The number of hydrogen-bond donors (Lipinski definition) is 2. The summed E-state index contributed by atoms with van der Waals surface area (Å²) in [6.07, 6.45) is 6.74. The van der Waals surface area contributed by atoms with Crippen LogP contribution in [0.2, 0.25) is 5.02 Å². The van der Waals surface area contributed by atoms with Gasteiger partial charge in [0.05, 0.1) is 41.0 Å². The van der Waals surface area contributed by atoms with Crippen molar-refractivity contribution < 1.29 is 9.53 Å². The van der Waals surface area contributed by atoms with Gasteiger partial charge < -0.3 is 15.4 Å². The van der Waals surface area contributed by atoms with Crippen LogP contribution in [-0.2, 0) is 13.1 Å². The van der Waals surface area contributed by atoms with Gasteiger partial charge in [0.25, 0.3) is 5.91 Å². The van der Waals surface area contributed by atoms with Crippen LogP contribution in [-0.4, -0.2) is 32.8 Å². The van der Waals surface area contributed by atoms with Crippen LogP contribution < -0.4 is 15.4 Å². The van der Waals surface area contributed by atoms with Gasteiger partial charge in [0, 0.05) is 31.7 Å². The average Bonchev–Trinajstić information content (AvgIpc) is 3.26. The summed E-state index contributed by atoms with van der Waals surface area (Å²) in [5, 5.41) is 12.2. The minimum Gasteiger partial charge on any atom is -0.495 e. The standard InChI is InChI=1S/C24H25ClN6O2/c1-4-31-23-18(14-29-31)22(27-12-16-5-6-21(33-3)20(25)11-16)19(13-28-23)24(32)30-15(2)17-7-9-26-10-8-17/h5-11,13-15H,4,12H2,1-3H3,(H,27,28)(H,30,32). The Morgan fingerprint density at radius 2 is 2.00 bits per heavy atom. The first-order valence-electron chi connectivity index (χ1n) is 10.6. The molecule has 4 rings (SSSR count). The molecule has 8 nitrogen and oxygen atoms in total. The number of aromatic nitrogens is 4. The van der Waals surface area contributed by atoms with E-state index in [9.17, 15) is 4.79 Å². The number of methoxy groups -OCH3 is 1. The molecule has 1 atom stereocenters. The summed E-state index contributed by atoms with van der Waals surface area (Å²) in [4.78, 5) is 21.8. The minimum absolute atomic E-state index is 0.192. The Morgan fingerprint density at radius 3 is 2.70 bits per heavy atom. The lowest BCUT2D eigenvalue weighted by atomic mass is 10.1. The van der Waals surface area contributed by atoms with Crippen LogP contribution in [0.15, 0.2) is 55.1 Å². The number of carbonyl (C=O) groups excluding carboxylic acids is 1. The maximum absolute atomic E-state index is 13.2. The second kappa shape index (κ2) is 9.87. The van der Waals surface area contributed by atoms with Gasteiger partial charge in [-0.2, -0.15) is 5.10 Å². The molecule has 3 aromatic heterocycles. The molecular formula is C24H25ClN6O2. The Morgan fingerprint density at radius 1 is 1.21 bits per heavy atom. The van der Waals surface area contributed by atoms with Gasteiger partial charge in [0.15, 0.2) is 5.65 Å². The lowest BCUT2D eigenvalue weighted by molar-refractivity contribution is 0.0940. The van der Waals surface area contributed by atoms with Crippen LogP contribution in [0.4, 0.5) is 5.69 Å². The summed E-state index contributed by atoms with van der Waals surface area (Å²) in [6.45, 7) is 5.06. The monoisotopic (exact) mass is 464 g/mol. The van der Waals surface area contributed by atoms with Crippen molar-refractivity contribution in [3.05, 3.63) is 76.8 Å². The normalized spacial score (nSPS) is 11.9. The van der Waals surface area contributed by atoms with E-state index >= 15 is 0 Å². The number of nitrogens with zero attached hydrogens (tertiary/aromatic N) is 4. The predicted octanol–water partition coefficient (Wildman–Crippen LogP) is 4.61. The molecule has 2 N–H and O–H groups in total. The van der Waals surface area contributed by atoms with E-state index in [1.807, 2.05) is 44.2 Å². The molecule has 0 aliphatic heterocycles. The van der Waals surface area contributed by atoms with Gasteiger partial charge in [-0.3, -0.25) is 9.78 Å². The van der Waals surface area contributed by atoms with E-state index in [2.05, 4.69) is 25.7 Å². The number of ether oxygens (including phenoxy) is 1. The van der Waals surface area contributed by atoms with Crippen molar-refractivity contribution >= 4 is 34.2 Å². The highest BCUT2D eigenvalue weighted by molar-refractivity contribution is 6.32. The number of anilines is 1. The molecule has 0 aliphatic carbocycles. The Hall–Kier alpha value is -3.65. The van der Waals surface area contributed by atoms with E-state index in [4.69, 9.17) is 16.3 Å². The molecule has 0 fully saturated rings. The smallest absolute Gasteiger partial charge is 0.255 e. The predicted molar refractivity (Wildman–Crippen MR) is 129 cm³/mol. The van der Waals surface area contributed by atoms with Crippen LogP contribution in [0.25, 0.3) is 11.0 Å². The number of pyridine rings is 2. The summed E-state index contributed by atoms with van der Waals surface area (Å²) in [5.41, 5.74) is 3.75. The van der Waals surface area contributed by atoms with Crippen molar-refractivity contribution in [1.29, 1.82) is 0 Å². The summed E-state index contributed by atoms with van der Waals surface area (Å²) in [6, 6.07) is 9.15. The number of hydrogen-bond acceptors (Lipinski definition) is 6. The first-order valence-corrected chi connectivity index (χ1v) is 11.0. The number of fused-ring (bicyclic) bond motifs is 1. The Kier molecular flexibility index (Phi) is 6.74. The number of halogens is 1. The lowest BCUT2D eigenvalue weighted by Gasteiger charge is -2.17. The molecule has 1 amide bonds. The molecule has 0 bridgehead atoms. The van der Waals surface area contributed by atoms with Crippen LogP contribution in [0.3, 0.4) is 0 Å². The van der Waals surface area contributed by atoms with E-state index in [0.717, 1.165) is 16.5 Å². The van der Waals surface area contributed by atoms with E-state index < -0.39 is 0 Å². The molecule has 33 heavy (non-hydrogen) atoms. The zero-order valence-electron chi connectivity index (χ0n) is 18.7. The Bertz CT molecular complexity index is 1270. The van der Waals surface area contributed by atoms with Crippen molar-refractivity contribution in [2.24, 2.45) is 0 Å². The van der Waals surface area contributed by atoms with E-state index in [-0.39, 0.29) is 11.9 Å². The van der Waals surface area contributed by atoms with Gasteiger partial charge in [0.2, 0.25) is 0 Å². The molecule has 0 spiro atoms. The van der Waals surface area contributed by atoms with E-state index in [1.54, 1.807) is 36.6 Å². The van der Waals surface area contributed by atoms with Crippen LogP contribution in [0, 0.1) is 0 Å². The molecule has 0 aliphatic rings. The summed E-state index contributed by atoms with van der Waals surface area (Å²) in [7, 11) is 1.58. The van der Waals surface area contributed by atoms with Gasteiger partial charge in [-0.15, -0.1) is 0 Å². The van der Waals surface area contributed by atoms with Crippen molar-refractivity contribution in [1.82, 2.24) is 25.1 Å². The molecule has 1 aromatic carbocycles. The summed E-state index contributed by atoms with van der Waals surface area (Å²) < 4.78 is 7.03. The van der Waals surface area contributed by atoms with Crippen LogP contribution in [0.5, 0.6) is 5.75 Å². The first kappa shape index (κ1) is 22.5. The lowest BCUT2D eigenvalue weighted by Crippen LogP contribution is -2.27. The first-order chi connectivity index (χ1) is 16.0. The molecule has 9 heteroatoms. The maximum atomic E-state index is 13.2. The molecule has 4 aromatic rings. The molecule has 0 saturated carbocycles. The van der Waals surface area contributed by atoms with Crippen molar-refractivity contribution in [3.63, 3.8) is 0 Å². The highest BCUT2D eigenvalue weighted by atomic mass is 35.5. The number of carbonyl (C=O) groups is 1. The Balaban J connectivity index is 1.65. The Labute approximate surface area is 197 Å². The number of benzene rings is 1. The number of amides is 1. The number of rotatable bonds is 8. The molecule has 3 heterocycles. The average molecular weight is 465 g/mol. The quantitative estimate of drug-likeness (QED) is 0.395. The van der Waals surface area contributed by atoms with E-state index in [1.165, 1.54) is 0 Å². The van der Waals surface area contributed by atoms with Gasteiger partial charge in [-0.25, -0.2) is 9.67 Å². The fourth-order valence-electron chi connectivity index (χ4n) is 3.64. The minimum atomic E-state index is -0.228. The third-order valence-corrected chi connectivity index (χ3v) is 5.74. The molecule has 170 valence electrons. The van der Waals surface area contributed by atoms with Crippen LogP contribution >= 0.6 is 11.6 Å². The summed E-state index contributed by atoms with van der Waals surface area (Å²) in [5.74, 6) is 0.384. The van der Waals surface area contributed by atoms with Crippen molar-refractivity contribution in [3.8, 4) is 5.75 Å². The van der Waals surface area contributed by atoms with Gasteiger partial charge in [0.1, 0.15) is 5.75 Å². The van der Waals surface area contributed by atoms with Gasteiger partial charge in [-0.05, 0) is 49.2 Å². The largest absolute Gasteiger partial charge is 0.495 e. The number of nitrogens with one attached hydrogen (secondary N) is 2. The van der Waals surface area contributed by atoms with Crippen molar-refractivity contribution in [2.75, 3.05) is 12.4 Å². The van der Waals surface area contributed by atoms with E-state index in [0.29, 0.717) is 40.8 Å². The molecule has 0 radical (unpaired) electrons. The fourth-order valence-corrected chi connectivity index (χ4v) is 3.92. The molecular weight excluding hydrogens is 440 g/mol. The maximum Gasteiger partial charge on any atom is 0.255 e. The summed E-state index contributed by atoms with van der Waals surface area (Å²) >= 11 is 6.28. The second-order valence-corrected chi connectivity index (χ2v) is 7.95.